The molecule has 2 aliphatic heterocycles. The molecule has 0 spiro atoms. The van der Waals surface area contributed by atoms with E-state index in [4.69, 9.17) is 0 Å². The first-order valence-electron chi connectivity index (χ1n) is 9.31. The summed E-state index contributed by atoms with van der Waals surface area (Å²) in [5.74, 6) is -0.274. The molecule has 0 radical (unpaired) electrons. The van der Waals surface area contributed by atoms with Crippen LogP contribution in [0, 0.1) is 0 Å². The van der Waals surface area contributed by atoms with Crippen LogP contribution in [0.5, 0.6) is 0 Å². The number of hydrogen-bond donors (Lipinski definition) is 2. The van der Waals surface area contributed by atoms with Gasteiger partial charge in [0.2, 0.25) is 5.91 Å². The van der Waals surface area contributed by atoms with Gasteiger partial charge in [0.1, 0.15) is 6.54 Å². The molecule has 7 nitrogen and oxygen atoms in total. The maximum atomic E-state index is 12.9. The lowest BCUT2D eigenvalue weighted by molar-refractivity contribution is -0.119. The van der Waals surface area contributed by atoms with Gasteiger partial charge in [-0.05, 0) is 30.5 Å². The van der Waals surface area contributed by atoms with Gasteiger partial charge in [-0.2, -0.15) is 0 Å². The van der Waals surface area contributed by atoms with E-state index in [0.717, 1.165) is 44.5 Å². The monoisotopic (exact) mass is 424 g/mol. The van der Waals surface area contributed by atoms with Crippen molar-refractivity contribution in [3.05, 3.63) is 36.4 Å². The summed E-state index contributed by atoms with van der Waals surface area (Å²) in [6.07, 6.45) is 0.855. The van der Waals surface area contributed by atoms with E-state index in [1.807, 2.05) is 18.2 Å². The van der Waals surface area contributed by atoms with Crippen LogP contribution >= 0.6 is 12.4 Å². The Hall–Kier alpha value is -1.87. The summed E-state index contributed by atoms with van der Waals surface area (Å²) < 4.78 is 27.0. The number of rotatable bonds is 6. The molecule has 0 aromatic heterocycles. The van der Waals surface area contributed by atoms with Crippen LogP contribution in [0.3, 0.4) is 0 Å². The molecule has 152 valence electrons. The summed E-state index contributed by atoms with van der Waals surface area (Å²) in [6, 6.07) is 10.7. The number of carbonyl (C=O) groups excluding carboxylic acids is 1. The highest BCUT2D eigenvalue weighted by molar-refractivity contribution is 7.93. The molecule has 4 rings (SSSR count). The molecule has 0 saturated carbocycles. The predicted molar refractivity (Wildman–Crippen MR) is 113 cm³/mol. The fraction of sp³-hybridized carbons (Fsp3) is 0.421. The molecule has 9 heteroatoms. The van der Waals surface area contributed by atoms with Crippen molar-refractivity contribution in [2.45, 2.75) is 11.3 Å². The highest BCUT2D eigenvalue weighted by Gasteiger charge is 2.36. The van der Waals surface area contributed by atoms with Gasteiger partial charge >= 0.3 is 0 Å². The third-order valence-corrected chi connectivity index (χ3v) is 6.95. The topological polar surface area (TPSA) is 81.8 Å². The zero-order valence-electron chi connectivity index (χ0n) is 15.6. The first kappa shape index (κ1) is 20.9. The summed E-state index contributed by atoms with van der Waals surface area (Å²) >= 11 is 0. The van der Waals surface area contributed by atoms with Crippen LogP contribution in [0.2, 0.25) is 0 Å². The van der Waals surface area contributed by atoms with Gasteiger partial charge in [0, 0.05) is 38.1 Å². The van der Waals surface area contributed by atoms with Crippen molar-refractivity contribution >= 4 is 44.8 Å². The lowest BCUT2D eigenvalue weighted by Crippen LogP contribution is -2.44. The SMILES string of the molecule is Cl.O=C(CN1c2cccc3cccc(c23)S1(=O)=O)NCCCN1CCNCC1. The number of nitrogens with zero attached hydrogens (tertiary/aromatic N) is 2. The Kier molecular flexibility index (Phi) is 6.44. The maximum Gasteiger partial charge on any atom is 0.265 e. The van der Waals surface area contributed by atoms with E-state index in [1.54, 1.807) is 18.2 Å². The first-order valence-corrected chi connectivity index (χ1v) is 10.8. The van der Waals surface area contributed by atoms with Crippen LogP contribution in [0.1, 0.15) is 6.42 Å². The van der Waals surface area contributed by atoms with E-state index >= 15 is 0 Å². The summed E-state index contributed by atoms with van der Waals surface area (Å²) in [5, 5.41) is 7.74. The average Bonchev–Trinajstić information content (AvgIpc) is 2.90. The van der Waals surface area contributed by atoms with Crippen molar-refractivity contribution in [2.24, 2.45) is 0 Å². The van der Waals surface area contributed by atoms with E-state index < -0.39 is 10.0 Å². The van der Waals surface area contributed by atoms with Crippen LogP contribution in [0.15, 0.2) is 41.3 Å². The Morgan fingerprint density at radius 3 is 2.57 bits per heavy atom. The quantitative estimate of drug-likeness (QED) is 0.680. The van der Waals surface area contributed by atoms with E-state index in [-0.39, 0.29) is 29.8 Å². The molecule has 2 N–H and O–H groups in total. The Labute approximate surface area is 171 Å². The molecule has 2 heterocycles. The van der Waals surface area contributed by atoms with E-state index in [9.17, 15) is 13.2 Å². The van der Waals surface area contributed by atoms with Gasteiger partial charge in [-0.3, -0.25) is 9.10 Å². The summed E-state index contributed by atoms with van der Waals surface area (Å²) in [5.41, 5.74) is 0.582. The fourth-order valence-electron chi connectivity index (χ4n) is 3.78. The maximum absolute atomic E-state index is 12.9. The van der Waals surface area contributed by atoms with Gasteiger partial charge in [0.15, 0.2) is 0 Å². The Balaban J connectivity index is 0.00000225. The molecule has 1 fully saturated rings. The lowest BCUT2D eigenvalue weighted by Gasteiger charge is -2.27. The van der Waals surface area contributed by atoms with Crippen LogP contribution in [-0.4, -0.2) is 65.0 Å². The number of halogens is 1. The van der Waals surface area contributed by atoms with Crippen LogP contribution < -0.4 is 14.9 Å². The molecule has 1 amide bonds. The standard InChI is InChI=1S/C19H24N4O3S.ClH/c24-18(21-8-3-11-22-12-9-20-10-13-22)14-23-16-6-1-4-15-5-2-7-17(19(15)16)27(23,25)26;/h1-2,4-7,20H,3,8-14H2,(H,21,24);1H. The van der Waals surface area contributed by atoms with Crippen molar-refractivity contribution in [3.8, 4) is 0 Å². The largest absolute Gasteiger partial charge is 0.354 e. The number of sulfonamides is 1. The zero-order chi connectivity index (χ0) is 18.9. The van der Waals surface area contributed by atoms with E-state index in [0.29, 0.717) is 17.6 Å². The first-order chi connectivity index (χ1) is 13.1. The van der Waals surface area contributed by atoms with E-state index in [1.165, 1.54) is 4.31 Å². The van der Waals surface area contributed by atoms with Crippen LogP contribution in [-0.2, 0) is 14.8 Å². The summed E-state index contributed by atoms with van der Waals surface area (Å²) in [4.78, 5) is 15.0. The van der Waals surface area contributed by atoms with Gasteiger partial charge in [-0.25, -0.2) is 8.42 Å². The Morgan fingerprint density at radius 1 is 1.11 bits per heavy atom. The smallest absolute Gasteiger partial charge is 0.265 e. The number of anilines is 1. The number of benzene rings is 2. The van der Waals surface area contributed by atoms with Crippen molar-refractivity contribution < 1.29 is 13.2 Å². The molecule has 28 heavy (non-hydrogen) atoms. The minimum absolute atomic E-state index is 0. The number of carbonyl (C=O) groups is 1. The van der Waals surface area contributed by atoms with Gasteiger partial charge in [-0.15, -0.1) is 12.4 Å². The van der Waals surface area contributed by atoms with Gasteiger partial charge in [0.05, 0.1) is 10.6 Å². The molecule has 0 bridgehead atoms. The third-order valence-electron chi connectivity index (χ3n) is 5.15. The third kappa shape index (κ3) is 3.96. The van der Waals surface area contributed by atoms with Gasteiger partial charge < -0.3 is 15.5 Å². The summed E-state index contributed by atoms with van der Waals surface area (Å²) in [6.45, 7) is 5.37. The molecule has 2 aromatic carbocycles. The van der Waals surface area contributed by atoms with Crippen molar-refractivity contribution in [1.29, 1.82) is 0 Å². The van der Waals surface area contributed by atoms with Crippen molar-refractivity contribution in [2.75, 3.05) is 50.1 Å². The van der Waals surface area contributed by atoms with Gasteiger partial charge in [-0.1, -0.05) is 24.3 Å². The number of amides is 1. The van der Waals surface area contributed by atoms with E-state index in [2.05, 4.69) is 15.5 Å². The van der Waals surface area contributed by atoms with Crippen LogP contribution in [0.4, 0.5) is 5.69 Å². The molecule has 0 aliphatic carbocycles. The molecule has 1 saturated heterocycles. The number of nitrogens with one attached hydrogen (secondary N) is 2. The molecule has 0 atom stereocenters. The highest BCUT2D eigenvalue weighted by Crippen LogP contribution is 2.41. The Morgan fingerprint density at radius 2 is 1.82 bits per heavy atom. The normalized spacial score (nSPS) is 18.1. The van der Waals surface area contributed by atoms with Gasteiger partial charge in [0.25, 0.3) is 10.0 Å². The molecule has 2 aliphatic rings. The zero-order valence-corrected chi connectivity index (χ0v) is 17.2. The van der Waals surface area contributed by atoms with Crippen molar-refractivity contribution in [1.82, 2.24) is 15.5 Å². The second-order valence-electron chi connectivity index (χ2n) is 6.94. The fourth-order valence-corrected chi connectivity index (χ4v) is 5.45. The minimum atomic E-state index is -3.68. The Bertz CT molecular complexity index is 956. The second-order valence-corrected chi connectivity index (χ2v) is 8.77. The average molecular weight is 425 g/mol. The molecular weight excluding hydrogens is 400 g/mol. The molecular formula is C19H25ClN4O3S. The molecule has 0 unspecified atom stereocenters. The second kappa shape index (κ2) is 8.65. The number of piperazine rings is 1. The predicted octanol–water partition coefficient (Wildman–Crippen LogP) is 1.18. The number of hydrogen-bond acceptors (Lipinski definition) is 5. The minimum Gasteiger partial charge on any atom is -0.354 e. The van der Waals surface area contributed by atoms with Crippen LogP contribution in [0.25, 0.3) is 10.8 Å². The molecule has 2 aromatic rings. The highest BCUT2D eigenvalue weighted by atomic mass is 35.5. The van der Waals surface area contributed by atoms with Crippen molar-refractivity contribution in [3.63, 3.8) is 0 Å². The lowest BCUT2D eigenvalue weighted by atomic mass is 10.1. The summed E-state index contributed by atoms with van der Waals surface area (Å²) in [7, 11) is -3.68.